The highest BCUT2D eigenvalue weighted by atomic mass is 16.6. The van der Waals surface area contributed by atoms with Crippen LogP contribution in [-0.4, -0.2) is 46.2 Å². The van der Waals surface area contributed by atoms with Crippen molar-refractivity contribution in [1.82, 2.24) is 0 Å². The molecule has 0 saturated heterocycles. The SMILES string of the molecule is CCC(C)C1=C[C@@H](OC)[C@H](OC)[C@@H](COC)O1. The first-order valence-electron chi connectivity index (χ1n) is 6.10. The van der Waals surface area contributed by atoms with Crippen molar-refractivity contribution in [2.24, 2.45) is 5.92 Å². The van der Waals surface area contributed by atoms with Crippen molar-refractivity contribution in [1.29, 1.82) is 0 Å². The number of allylic oxidation sites excluding steroid dienone is 1. The average molecular weight is 244 g/mol. The molecule has 17 heavy (non-hydrogen) atoms. The molecule has 0 amide bonds. The zero-order valence-electron chi connectivity index (χ0n) is 11.4. The summed E-state index contributed by atoms with van der Waals surface area (Å²) >= 11 is 0. The number of hydrogen-bond donors (Lipinski definition) is 0. The third kappa shape index (κ3) is 3.44. The fourth-order valence-electron chi connectivity index (χ4n) is 2.01. The van der Waals surface area contributed by atoms with Crippen molar-refractivity contribution in [3.8, 4) is 0 Å². The minimum absolute atomic E-state index is 0.0714. The molecule has 4 heteroatoms. The Bertz CT molecular complexity index is 252. The highest BCUT2D eigenvalue weighted by molar-refractivity contribution is 5.10. The van der Waals surface area contributed by atoms with Crippen LogP contribution in [0.3, 0.4) is 0 Å². The third-order valence-corrected chi connectivity index (χ3v) is 3.28. The molecule has 0 radical (unpaired) electrons. The minimum Gasteiger partial charge on any atom is -0.489 e. The van der Waals surface area contributed by atoms with Gasteiger partial charge in [-0.05, 0) is 12.5 Å². The lowest BCUT2D eigenvalue weighted by molar-refractivity contribution is -0.125. The zero-order chi connectivity index (χ0) is 12.8. The van der Waals surface area contributed by atoms with Crippen LogP contribution >= 0.6 is 0 Å². The van der Waals surface area contributed by atoms with Gasteiger partial charge >= 0.3 is 0 Å². The lowest BCUT2D eigenvalue weighted by Gasteiger charge is -2.37. The molecule has 0 bridgehead atoms. The summed E-state index contributed by atoms with van der Waals surface area (Å²) in [4.78, 5) is 0. The third-order valence-electron chi connectivity index (χ3n) is 3.28. The molecule has 1 rings (SSSR count). The second-order valence-electron chi connectivity index (χ2n) is 4.39. The van der Waals surface area contributed by atoms with E-state index in [-0.39, 0.29) is 18.3 Å². The summed E-state index contributed by atoms with van der Waals surface area (Å²) in [5, 5.41) is 0. The predicted octanol–water partition coefficient (Wildman–Crippen LogP) is 1.99. The van der Waals surface area contributed by atoms with E-state index in [9.17, 15) is 0 Å². The van der Waals surface area contributed by atoms with E-state index < -0.39 is 0 Å². The summed E-state index contributed by atoms with van der Waals surface area (Å²) in [7, 11) is 5.03. The second kappa shape index (κ2) is 6.99. The van der Waals surface area contributed by atoms with Crippen LogP contribution in [0.1, 0.15) is 20.3 Å². The predicted molar refractivity (Wildman–Crippen MR) is 65.9 cm³/mol. The molecule has 4 atom stereocenters. The maximum atomic E-state index is 5.95. The molecule has 0 saturated carbocycles. The van der Waals surface area contributed by atoms with E-state index in [1.165, 1.54) is 0 Å². The van der Waals surface area contributed by atoms with E-state index in [0.29, 0.717) is 12.5 Å². The van der Waals surface area contributed by atoms with E-state index >= 15 is 0 Å². The van der Waals surface area contributed by atoms with Crippen molar-refractivity contribution >= 4 is 0 Å². The van der Waals surface area contributed by atoms with Crippen LogP contribution in [0.15, 0.2) is 11.8 Å². The van der Waals surface area contributed by atoms with Gasteiger partial charge in [-0.3, -0.25) is 0 Å². The first-order valence-corrected chi connectivity index (χ1v) is 6.10. The lowest BCUT2D eigenvalue weighted by Crippen LogP contribution is -2.46. The highest BCUT2D eigenvalue weighted by Crippen LogP contribution is 2.28. The molecular formula is C13H24O4. The van der Waals surface area contributed by atoms with Gasteiger partial charge in [-0.2, -0.15) is 0 Å². The molecule has 0 aromatic heterocycles. The first-order chi connectivity index (χ1) is 8.17. The van der Waals surface area contributed by atoms with Crippen LogP contribution in [0.4, 0.5) is 0 Å². The molecule has 1 unspecified atom stereocenters. The lowest BCUT2D eigenvalue weighted by atomic mass is 9.98. The summed E-state index contributed by atoms with van der Waals surface area (Å²) < 4.78 is 22.0. The molecule has 0 aliphatic carbocycles. The van der Waals surface area contributed by atoms with Crippen molar-refractivity contribution in [2.75, 3.05) is 27.9 Å². The second-order valence-corrected chi connectivity index (χ2v) is 4.39. The Hall–Kier alpha value is -0.580. The Morgan fingerprint density at radius 1 is 1.29 bits per heavy atom. The quantitative estimate of drug-likeness (QED) is 0.716. The number of methoxy groups -OCH3 is 3. The summed E-state index contributed by atoms with van der Waals surface area (Å²) in [5.74, 6) is 1.37. The summed E-state index contributed by atoms with van der Waals surface area (Å²) in [6, 6.07) is 0. The Labute approximate surface area is 104 Å². The molecular weight excluding hydrogens is 220 g/mol. The van der Waals surface area contributed by atoms with Gasteiger partial charge in [0.2, 0.25) is 0 Å². The monoisotopic (exact) mass is 244 g/mol. The molecule has 1 aliphatic heterocycles. The van der Waals surface area contributed by atoms with Gasteiger partial charge in [0.15, 0.2) is 6.10 Å². The van der Waals surface area contributed by atoms with E-state index in [1.807, 2.05) is 6.08 Å². The van der Waals surface area contributed by atoms with E-state index in [1.54, 1.807) is 21.3 Å². The van der Waals surface area contributed by atoms with Gasteiger partial charge < -0.3 is 18.9 Å². The molecule has 4 nitrogen and oxygen atoms in total. The van der Waals surface area contributed by atoms with Gasteiger partial charge in [0.1, 0.15) is 12.2 Å². The summed E-state index contributed by atoms with van der Waals surface area (Å²) in [6.07, 6.45) is 2.77. The normalized spacial score (nSPS) is 30.6. The highest BCUT2D eigenvalue weighted by Gasteiger charge is 2.36. The summed E-state index contributed by atoms with van der Waals surface area (Å²) in [6.45, 7) is 4.80. The Morgan fingerprint density at radius 2 is 2.00 bits per heavy atom. The van der Waals surface area contributed by atoms with Crippen molar-refractivity contribution in [3.05, 3.63) is 11.8 Å². The van der Waals surface area contributed by atoms with Gasteiger partial charge in [-0.1, -0.05) is 13.8 Å². The van der Waals surface area contributed by atoms with Crippen LogP contribution in [0, 0.1) is 5.92 Å². The van der Waals surface area contributed by atoms with Gasteiger partial charge in [-0.25, -0.2) is 0 Å². The van der Waals surface area contributed by atoms with E-state index in [4.69, 9.17) is 18.9 Å². The molecule has 100 valence electrons. The molecule has 1 heterocycles. The van der Waals surface area contributed by atoms with Gasteiger partial charge in [0.05, 0.1) is 12.4 Å². The van der Waals surface area contributed by atoms with Crippen molar-refractivity contribution in [3.63, 3.8) is 0 Å². The van der Waals surface area contributed by atoms with Crippen LogP contribution in [0.2, 0.25) is 0 Å². The largest absolute Gasteiger partial charge is 0.489 e. The van der Waals surface area contributed by atoms with Crippen LogP contribution in [-0.2, 0) is 18.9 Å². The summed E-state index contributed by atoms with van der Waals surface area (Å²) in [5.41, 5.74) is 0. The Kier molecular flexibility index (Phi) is 5.95. The molecule has 1 aliphatic rings. The van der Waals surface area contributed by atoms with Crippen molar-refractivity contribution < 1.29 is 18.9 Å². The standard InChI is InChI=1S/C13H24O4/c1-6-9(2)10-7-11(15-4)13(16-5)12(17-10)8-14-3/h7,9,11-13H,6,8H2,1-5H3/t9?,11-,12-,13+/m1/s1. The molecule has 0 aromatic rings. The molecule has 0 spiro atoms. The van der Waals surface area contributed by atoms with E-state index in [0.717, 1.165) is 12.2 Å². The zero-order valence-corrected chi connectivity index (χ0v) is 11.4. The van der Waals surface area contributed by atoms with Gasteiger partial charge in [0, 0.05) is 27.2 Å². The topological polar surface area (TPSA) is 36.9 Å². The Balaban J connectivity index is 2.85. The van der Waals surface area contributed by atoms with Crippen LogP contribution in [0.5, 0.6) is 0 Å². The van der Waals surface area contributed by atoms with Crippen LogP contribution < -0.4 is 0 Å². The average Bonchev–Trinajstić information content (AvgIpc) is 2.37. The molecule has 0 aromatic carbocycles. The maximum Gasteiger partial charge on any atom is 0.150 e. The fourth-order valence-corrected chi connectivity index (χ4v) is 2.01. The van der Waals surface area contributed by atoms with Crippen molar-refractivity contribution in [2.45, 2.75) is 38.6 Å². The first kappa shape index (κ1) is 14.5. The number of ether oxygens (including phenoxy) is 4. The van der Waals surface area contributed by atoms with Gasteiger partial charge in [0.25, 0.3) is 0 Å². The fraction of sp³-hybridized carbons (Fsp3) is 0.846. The number of rotatable bonds is 6. The number of hydrogen-bond acceptors (Lipinski definition) is 4. The smallest absolute Gasteiger partial charge is 0.150 e. The minimum atomic E-state index is -0.118. The van der Waals surface area contributed by atoms with Gasteiger partial charge in [-0.15, -0.1) is 0 Å². The van der Waals surface area contributed by atoms with E-state index in [2.05, 4.69) is 13.8 Å². The molecule has 0 N–H and O–H groups in total. The Morgan fingerprint density at radius 3 is 2.47 bits per heavy atom. The molecule has 0 fully saturated rings. The maximum absolute atomic E-state index is 5.95. The van der Waals surface area contributed by atoms with Crippen LogP contribution in [0.25, 0.3) is 0 Å².